The van der Waals surface area contributed by atoms with Crippen molar-refractivity contribution in [3.05, 3.63) is 83.7 Å². The number of rotatable bonds is 8. The molecule has 2 heteroatoms. The van der Waals surface area contributed by atoms with Gasteiger partial charge in [-0.3, -0.25) is 0 Å². The predicted octanol–water partition coefficient (Wildman–Crippen LogP) is 8.11. The van der Waals surface area contributed by atoms with Crippen LogP contribution in [-0.4, -0.2) is 0 Å². The smallest absolute Gasteiger partial charge is 0.122 e. The molecule has 1 aliphatic heterocycles. The van der Waals surface area contributed by atoms with E-state index in [0.29, 0.717) is 0 Å². The summed E-state index contributed by atoms with van der Waals surface area (Å²) in [6, 6.07) is 21.0. The van der Waals surface area contributed by atoms with Crippen molar-refractivity contribution in [2.45, 2.75) is 63.2 Å². The van der Waals surface area contributed by atoms with E-state index in [2.05, 4.69) is 67.3 Å². The molecule has 0 aromatic heterocycles. The van der Waals surface area contributed by atoms with Crippen molar-refractivity contribution in [3.8, 4) is 0 Å². The topological polar surface area (TPSA) is 17.1 Å². The Balaban J connectivity index is 1.84. The summed E-state index contributed by atoms with van der Waals surface area (Å²) in [4.78, 5) is 0. The van der Waals surface area contributed by atoms with Crippen molar-refractivity contribution in [1.29, 1.82) is 0 Å². The molecule has 1 fully saturated rings. The van der Waals surface area contributed by atoms with Crippen molar-refractivity contribution in [3.63, 3.8) is 0 Å². The number of benzene rings is 2. The highest BCUT2D eigenvalue weighted by molar-refractivity contribution is 7.68. The average molecular weight is 366 g/mol. The lowest BCUT2D eigenvalue weighted by atomic mass is 10.0. The summed E-state index contributed by atoms with van der Waals surface area (Å²) in [6.07, 6.45) is 10.3. The molecule has 0 radical (unpaired) electrons. The minimum Gasteiger partial charge on any atom is -0.318 e. The molecular formula is C24H31OP. The van der Waals surface area contributed by atoms with Crippen LogP contribution in [0.3, 0.4) is 0 Å². The Morgan fingerprint density at radius 3 is 1.88 bits per heavy atom. The molecule has 0 amide bonds. The second-order valence-corrected chi connectivity index (χ2v) is 10.5. The molecular weight excluding hydrogens is 335 g/mol. The molecule has 0 spiro atoms. The van der Waals surface area contributed by atoms with Gasteiger partial charge >= 0.3 is 0 Å². The first-order valence-electron chi connectivity index (χ1n) is 10.1. The van der Waals surface area contributed by atoms with Gasteiger partial charge in [-0.15, -0.1) is 0 Å². The number of hydrogen-bond donors (Lipinski definition) is 0. The summed E-state index contributed by atoms with van der Waals surface area (Å²) >= 11 is 0. The van der Waals surface area contributed by atoms with Crippen molar-refractivity contribution in [1.82, 2.24) is 0 Å². The molecule has 2 atom stereocenters. The lowest BCUT2D eigenvalue weighted by molar-refractivity contribution is 0.573. The summed E-state index contributed by atoms with van der Waals surface area (Å²) in [6.45, 7) is 2.24. The fourth-order valence-electron chi connectivity index (χ4n) is 4.22. The molecule has 0 unspecified atom stereocenters. The minimum absolute atomic E-state index is 0.167. The first-order chi connectivity index (χ1) is 12.8. The molecule has 26 heavy (non-hydrogen) atoms. The summed E-state index contributed by atoms with van der Waals surface area (Å²) in [5, 5.41) is 0. The molecule has 1 saturated heterocycles. The Morgan fingerprint density at radius 2 is 1.38 bits per heavy atom. The number of hydrogen-bond acceptors (Lipinski definition) is 1. The van der Waals surface area contributed by atoms with E-state index in [0.717, 1.165) is 19.3 Å². The van der Waals surface area contributed by atoms with Crippen LogP contribution in [0.4, 0.5) is 0 Å². The molecule has 0 N–H and O–H groups in total. The Morgan fingerprint density at radius 1 is 0.846 bits per heavy atom. The van der Waals surface area contributed by atoms with Gasteiger partial charge in [-0.1, -0.05) is 92.9 Å². The van der Waals surface area contributed by atoms with E-state index >= 15 is 0 Å². The second kappa shape index (κ2) is 9.38. The minimum atomic E-state index is -2.47. The third-order valence-electron chi connectivity index (χ3n) is 5.62. The Labute approximate surface area is 158 Å². The van der Waals surface area contributed by atoms with Gasteiger partial charge in [0.05, 0.1) is 0 Å². The predicted molar refractivity (Wildman–Crippen MR) is 113 cm³/mol. The van der Waals surface area contributed by atoms with Crippen LogP contribution in [0.15, 0.2) is 72.6 Å². The van der Waals surface area contributed by atoms with Crippen LogP contribution < -0.4 is 0 Å². The fourth-order valence-corrected chi connectivity index (χ4v) is 7.93. The Bertz CT molecular complexity index is 684. The van der Waals surface area contributed by atoms with Gasteiger partial charge in [0.2, 0.25) is 0 Å². The van der Waals surface area contributed by atoms with Crippen LogP contribution in [0.2, 0.25) is 0 Å². The van der Waals surface area contributed by atoms with Crippen molar-refractivity contribution < 1.29 is 4.57 Å². The molecule has 0 saturated carbocycles. The molecule has 3 rings (SSSR count). The number of allylic oxidation sites excluding steroid dienone is 1. The molecule has 0 bridgehead atoms. The third kappa shape index (κ3) is 4.38. The maximum Gasteiger partial charge on any atom is 0.122 e. The highest BCUT2D eigenvalue weighted by Crippen LogP contribution is 2.77. The lowest BCUT2D eigenvalue weighted by Gasteiger charge is -2.24. The largest absolute Gasteiger partial charge is 0.318 e. The first kappa shape index (κ1) is 19.2. The molecule has 2 aromatic carbocycles. The van der Waals surface area contributed by atoms with Crippen LogP contribution in [0.1, 0.15) is 74.3 Å². The quantitative estimate of drug-likeness (QED) is 0.340. The van der Waals surface area contributed by atoms with Crippen LogP contribution >= 0.6 is 7.14 Å². The molecule has 1 nitrogen and oxygen atoms in total. The highest BCUT2D eigenvalue weighted by Gasteiger charge is 2.45. The summed E-state index contributed by atoms with van der Waals surface area (Å²) in [7, 11) is -2.47. The van der Waals surface area contributed by atoms with E-state index in [1.165, 1.54) is 36.8 Å². The van der Waals surface area contributed by atoms with E-state index in [4.69, 9.17) is 0 Å². The van der Waals surface area contributed by atoms with Gasteiger partial charge in [0.25, 0.3) is 0 Å². The van der Waals surface area contributed by atoms with Gasteiger partial charge in [-0.05, 0) is 42.6 Å². The third-order valence-corrected chi connectivity index (χ3v) is 9.36. The van der Waals surface area contributed by atoms with E-state index in [1.54, 1.807) is 0 Å². The van der Waals surface area contributed by atoms with E-state index in [1.807, 2.05) is 12.1 Å². The van der Waals surface area contributed by atoms with Gasteiger partial charge in [-0.2, -0.15) is 0 Å². The molecule has 2 aromatic rings. The van der Waals surface area contributed by atoms with Gasteiger partial charge in [-0.25, -0.2) is 0 Å². The molecule has 1 heterocycles. The average Bonchev–Trinajstić information content (AvgIpc) is 3.03. The fraction of sp³-hybridized carbons (Fsp3) is 0.417. The summed E-state index contributed by atoms with van der Waals surface area (Å²) in [5.74, 6) is 2.13. The second-order valence-electron chi connectivity index (χ2n) is 7.43. The van der Waals surface area contributed by atoms with Crippen LogP contribution in [0.5, 0.6) is 0 Å². The summed E-state index contributed by atoms with van der Waals surface area (Å²) in [5.41, 5.74) is 2.82. The van der Waals surface area contributed by atoms with E-state index < -0.39 is 7.14 Å². The molecule has 138 valence electrons. The maximum absolute atomic E-state index is 14.3. The SMILES string of the molecule is CCCCCC/C=C\P1(=O)[C@@H](c2ccccc2)CC[C@@H]1c1ccccc1. The molecule has 0 aliphatic carbocycles. The standard InChI is InChI=1S/C24H31OP/c1-2-3-4-5-6-13-20-26(25)23(21-14-9-7-10-15-21)18-19-24(26)22-16-11-8-12-17-22/h7-17,20,23-24H,2-6,18-19H2,1H3/b20-13-/t23-,24-/m1/s1. The van der Waals surface area contributed by atoms with E-state index in [9.17, 15) is 4.57 Å². The maximum atomic E-state index is 14.3. The molecule has 1 aliphatic rings. The van der Waals surface area contributed by atoms with Crippen LogP contribution in [-0.2, 0) is 4.57 Å². The first-order valence-corrected chi connectivity index (χ1v) is 12.0. The monoisotopic (exact) mass is 366 g/mol. The Hall–Kier alpha value is -1.59. The van der Waals surface area contributed by atoms with Crippen LogP contribution in [0.25, 0.3) is 0 Å². The van der Waals surface area contributed by atoms with E-state index in [-0.39, 0.29) is 11.3 Å². The zero-order valence-corrected chi connectivity index (χ0v) is 16.8. The summed E-state index contributed by atoms with van der Waals surface area (Å²) < 4.78 is 14.3. The van der Waals surface area contributed by atoms with Gasteiger partial charge < -0.3 is 4.57 Å². The van der Waals surface area contributed by atoms with Crippen molar-refractivity contribution in [2.24, 2.45) is 0 Å². The van der Waals surface area contributed by atoms with Gasteiger partial charge in [0, 0.05) is 11.3 Å². The number of unbranched alkanes of at least 4 members (excludes halogenated alkanes) is 4. The Kier molecular flexibility index (Phi) is 6.92. The van der Waals surface area contributed by atoms with Crippen molar-refractivity contribution >= 4 is 7.14 Å². The van der Waals surface area contributed by atoms with Crippen molar-refractivity contribution in [2.75, 3.05) is 0 Å². The normalized spacial score (nSPS) is 22.0. The zero-order valence-electron chi connectivity index (χ0n) is 15.9. The highest BCUT2D eigenvalue weighted by atomic mass is 31.2. The van der Waals surface area contributed by atoms with Gasteiger partial charge in [0.1, 0.15) is 7.14 Å². The zero-order chi connectivity index (χ0) is 18.2. The van der Waals surface area contributed by atoms with Crippen LogP contribution in [0, 0.1) is 0 Å². The lowest BCUT2D eigenvalue weighted by Crippen LogP contribution is -1.97. The van der Waals surface area contributed by atoms with Gasteiger partial charge in [0.15, 0.2) is 0 Å².